The van der Waals surface area contributed by atoms with Crippen LogP contribution in [0.25, 0.3) is 0 Å². The maximum atomic E-state index is 6.32. The predicted octanol–water partition coefficient (Wildman–Crippen LogP) is 7.28. The molecule has 4 aliphatic carbocycles. The van der Waals surface area contributed by atoms with Gasteiger partial charge in [-0.1, -0.05) is 77.2 Å². The van der Waals surface area contributed by atoms with Gasteiger partial charge in [-0.05, 0) is 85.4 Å². The third-order valence-electron chi connectivity index (χ3n) is 9.81. The smallest absolute Gasteiger partial charge is 0.00767 e. The fourth-order valence-corrected chi connectivity index (χ4v) is 8.06. The molecular weight excluding hydrogens is 338 g/mol. The standard InChI is InChI=1S/C27H45N/c1-18(2)7-6-8-19(3)23-11-12-24-22-10-9-20-17-21(28)13-15-26(20,4)25(22)14-16-27(23,24)5/h9-10,18-19,21,23-25H,6-8,11-17,28H2,1-5H3/t19-,21+,23?,24+,25?,26+,27-/m1/s1. The summed E-state index contributed by atoms with van der Waals surface area (Å²) >= 11 is 0. The first-order valence-electron chi connectivity index (χ1n) is 12.4. The Morgan fingerprint density at radius 2 is 1.75 bits per heavy atom. The molecule has 158 valence electrons. The summed E-state index contributed by atoms with van der Waals surface area (Å²) in [6.45, 7) is 12.6. The van der Waals surface area contributed by atoms with Crippen LogP contribution in [0, 0.1) is 40.4 Å². The van der Waals surface area contributed by atoms with Gasteiger partial charge in [0.05, 0.1) is 0 Å². The lowest BCUT2D eigenvalue weighted by Crippen LogP contribution is -2.47. The van der Waals surface area contributed by atoms with Crippen molar-refractivity contribution in [3.8, 4) is 0 Å². The lowest BCUT2D eigenvalue weighted by Gasteiger charge is -2.55. The number of allylic oxidation sites excluding steroid dienone is 3. The summed E-state index contributed by atoms with van der Waals surface area (Å²) in [5, 5.41) is 0. The number of rotatable bonds is 5. The van der Waals surface area contributed by atoms with Crippen LogP contribution in [0.2, 0.25) is 0 Å². The zero-order valence-electron chi connectivity index (χ0n) is 19.3. The van der Waals surface area contributed by atoms with Crippen LogP contribution in [-0.4, -0.2) is 6.04 Å². The molecule has 0 saturated heterocycles. The molecule has 1 heteroatoms. The van der Waals surface area contributed by atoms with E-state index in [1.165, 1.54) is 57.8 Å². The van der Waals surface area contributed by atoms with E-state index in [1.54, 1.807) is 5.57 Å². The normalized spacial score (nSPS) is 43.7. The first-order valence-corrected chi connectivity index (χ1v) is 12.4. The maximum Gasteiger partial charge on any atom is 0.00767 e. The van der Waals surface area contributed by atoms with Crippen LogP contribution >= 0.6 is 0 Å². The Labute approximate surface area is 174 Å². The highest BCUT2D eigenvalue weighted by atomic mass is 14.7. The average molecular weight is 384 g/mol. The molecule has 0 aromatic rings. The molecule has 0 spiro atoms. The molecule has 28 heavy (non-hydrogen) atoms. The molecule has 1 nitrogen and oxygen atoms in total. The summed E-state index contributed by atoms with van der Waals surface area (Å²) in [5.41, 5.74) is 10.8. The SMILES string of the molecule is CC(C)CCC[C@@H](C)C1CC[C@H]2C3=CC=C4C[C@@H](N)CC[C@]4(C)C3CC[C@]12C. The first-order chi connectivity index (χ1) is 13.3. The van der Waals surface area contributed by atoms with Gasteiger partial charge in [0.25, 0.3) is 0 Å². The van der Waals surface area contributed by atoms with Crippen molar-refractivity contribution >= 4 is 0 Å². The van der Waals surface area contributed by atoms with Crippen molar-refractivity contribution in [2.24, 2.45) is 46.2 Å². The van der Waals surface area contributed by atoms with E-state index in [4.69, 9.17) is 5.73 Å². The van der Waals surface area contributed by atoms with Crippen molar-refractivity contribution < 1.29 is 0 Å². The van der Waals surface area contributed by atoms with Crippen molar-refractivity contribution in [2.45, 2.75) is 105 Å². The Morgan fingerprint density at radius 1 is 0.964 bits per heavy atom. The van der Waals surface area contributed by atoms with Crippen LogP contribution in [0.4, 0.5) is 0 Å². The van der Waals surface area contributed by atoms with E-state index < -0.39 is 0 Å². The lowest BCUT2D eigenvalue weighted by molar-refractivity contribution is 0.0466. The van der Waals surface area contributed by atoms with Crippen LogP contribution in [0.5, 0.6) is 0 Å². The monoisotopic (exact) mass is 383 g/mol. The van der Waals surface area contributed by atoms with Gasteiger partial charge in [0.1, 0.15) is 0 Å². The number of fused-ring (bicyclic) bond motifs is 5. The summed E-state index contributed by atoms with van der Waals surface area (Å²) in [6, 6.07) is 0.394. The van der Waals surface area contributed by atoms with Gasteiger partial charge in [-0.2, -0.15) is 0 Å². The highest BCUT2D eigenvalue weighted by Gasteiger charge is 2.56. The molecular formula is C27H45N. The number of nitrogens with two attached hydrogens (primary N) is 1. The summed E-state index contributed by atoms with van der Waals surface area (Å²) in [4.78, 5) is 0. The molecule has 2 N–H and O–H groups in total. The molecule has 3 saturated carbocycles. The van der Waals surface area contributed by atoms with Crippen molar-refractivity contribution in [1.82, 2.24) is 0 Å². The Morgan fingerprint density at radius 3 is 2.50 bits per heavy atom. The molecule has 3 fully saturated rings. The van der Waals surface area contributed by atoms with Gasteiger partial charge in [-0.15, -0.1) is 0 Å². The van der Waals surface area contributed by atoms with Crippen molar-refractivity contribution in [3.05, 3.63) is 23.3 Å². The van der Waals surface area contributed by atoms with E-state index in [-0.39, 0.29) is 0 Å². The van der Waals surface area contributed by atoms with Gasteiger partial charge in [-0.3, -0.25) is 0 Å². The molecule has 0 aromatic heterocycles. The lowest BCUT2D eigenvalue weighted by atomic mass is 9.50. The quantitative estimate of drug-likeness (QED) is 0.530. The van der Waals surface area contributed by atoms with Crippen molar-refractivity contribution in [2.75, 3.05) is 0 Å². The van der Waals surface area contributed by atoms with Gasteiger partial charge in [0, 0.05) is 6.04 Å². The predicted molar refractivity (Wildman–Crippen MR) is 121 cm³/mol. The molecule has 0 radical (unpaired) electrons. The van der Waals surface area contributed by atoms with E-state index in [1.807, 2.05) is 5.57 Å². The highest BCUT2D eigenvalue weighted by molar-refractivity contribution is 5.39. The van der Waals surface area contributed by atoms with Crippen molar-refractivity contribution in [1.29, 1.82) is 0 Å². The van der Waals surface area contributed by atoms with E-state index in [2.05, 4.69) is 46.8 Å². The van der Waals surface area contributed by atoms with Crippen LogP contribution in [-0.2, 0) is 0 Å². The third kappa shape index (κ3) is 3.34. The summed E-state index contributed by atoms with van der Waals surface area (Å²) < 4.78 is 0. The molecule has 2 unspecified atom stereocenters. The van der Waals surface area contributed by atoms with Gasteiger partial charge in [0.15, 0.2) is 0 Å². The van der Waals surface area contributed by atoms with E-state index in [0.29, 0.717) is 16.9 Å². The van der Waals surface area contributed by atoms with Crippen LogP contribution in [0.1, 0.15) is 98.8 Å². The van der Waals surface area contributed by atoms with Gasteiger partial charge < -0.3 is 5.73 Å². The molecule has 0 amide bonds. The largest absolute Gasteiger partial charge is 0.327 e. The molecule has 4 aliphatic rings. The van der Waals surface area contributed by atoms with E-state index >= 15 is 0 Å². The van der Waals surface area contributed by atoms with E-state index in [0.717, 1.165) is 36.0 Å². The second-order valence-electron chi connectivity index (χ2n) is 11.9. The van der Waals surface area contributed by atoms with Gasteiger partial charge >= 0.3 is 0 Å². The van der Waals surface area contributed by atoms with Crippen molar-refractivity contribution in [3.63, 3.8) is 0 Å². The Hall–Kier alpha value is -0.560. The molecule has 0 bridgehead atoms. The van der Waals surface area contributed by atoms with Crippen LogP contribution in [0.3, 0.4) is 0 Å². The van der Waals surface area contributed by atoms with Gasteiger partial charge in [-0.25, -0.2) is 0 Å². The minimum Gasteiger partial charge on any atom is -0.327 e. The minimum atomic E-state index is 0.394. The Bertz CT molecular complexity index is 643. The topological polar surface area (TPSA) is 26.0 Å². The number of hydrogen-bond donors (Lipinski definition) is 1. The highest BCUT2D eigenvalue weighted by Crippen LogP contribution is 2.66. The summed E-state index contributed by atoms with van der Waals surface area (Å²) in [6.07, 6.45) is 18.8. The minimum absolute atomic E-state index is 0.394. The summed E-state index contributed by atoms with van der Waals surface area (Å²) in [7, 11) is 0. The summed E-state index contributed by atoms with van der Waals surface area (Å²) in [5.74, 6) is 4.32. The Balaban J connectivity index is 1.53. The second-order valence-corrected chi connectivity index (χ2v) is 11.9. The van der Waals surface area contributed by atoms with Gasteiger partial charge in [0.2, 0.25) is 0 Å². The fourth-order valence-electron chi connectivity index (χ4n) is 8.06. The Kier molecular flexibility index (Phi) is 5.62. The van der Waals surface area contributed by atoms with Crippen LogP contribution in [0.15, 0.2) is 23.3 Å². The molecule has 0 aliphatic heterocycles. The maximum absolute atomic E-state index is 6.32. The number of hydrogen-bond acceptors (Lipinski definition) is 1. The molecule has 0 aromatic carbocycles. The third-order valence-corrected chi connectivity index (χ3v) is 9.81. The van der Waals surface area contributed by atoms with Crippen LogP contribution < -0.4 is 5.73 Å². The molecule has 4 rings (SSSR count). The van der Waals surface area contributed by atoms with E-state index in [9.17, 15) is 0 Å². The fraction of sp³-hybridized carbons (Fsp3) is 0.852. The zero-order valence-corrected chi connectivity index (χ0v) is 19.3. The second kappa shape index (κ2) is 7.60. The molecule has 0 heterocycles. The average Bonchev–Trinajstić information content (AvgIpc) is 2.99. The molecule has 7 atom stereocenters. The zero-order chi connectivity index (χ0) is 20.1. The first kappa shape index (κ1) is 20.7.